The van der Waals surface area contributed by atoms with E-state index in [9.17, 15) is 0 Å². The molecule has 0 radical (unpaired) electrons. The van der Waals surface area contributed by atoms with Crippen molar-refractivity contribution in [1.82, 2.24) is 10.1 Å². The van der Waals surface area contributed by atoms with Crippen LogP contribution in [0.5, 0.6) is 0 Å². The van der Waals surface area contributed by atoms with E-state index in [1.165, 1.54) is 16.7 Å². The molecule has 3 aromatic rings. The summed E-state index contributed by atoms with van der Waals surface area (Å²) >= 11 is 0. The van der Waals surface area contributed by atoms with Crippen LogP contribution in [0.1, 0.15) is 16.7 Å². The van der Waals surface area contributed by atoms with Crippen molar-refractivity contribution in [3.05, 3.63) is 59.2 Å². The van der Waals surface area contributed by atoms with Gasteiger partial charge in [0.1, 0.15) is 0 Å². The minimum absolute atomic E-state index is 0.882. The van der Waals surface area contributed by atoms with Crippen LogP contribution in [0.25, 0.3) is 11.0 Å². The second-order valence-corrected chi connectivity index (χ2v) is 6.75. The fourth-order valence-corrected chi connectivity index (χ4v) is 3.33. The summed E-state index contributed by atoms with van der Waals surface area (Å²) in [6.45, 7) is 9.30. The third-order valence-corrected chi connectivity index (χ3v) is 4.81. The van der Waals surface area contributed by atoms with Gasteiger partial charge in [-0.1, -0.05) is 41.1 Å². The lowest BCUT2D eigenvalue weighted by atomic mass is 10.1. The van der Waals surface area contributed by atoms with Gasteiger partial charge in [-0.25, -0.2) is 0 Å². The molecule has 124 valence electrons. The number of piperazine rings is 1. The number of nitrogens with zero attached hydrogens (tertiary/aromatic N) is 3. The van der Waals surface area contributed by atoms with Crippen LogP contribution in [0.3, 0.4) is 0 Å². The number of hydrogen-bond donors (Lipinski definition) is 0. The van der Waals surface area contributed by atoms with Crippen LogP contribution in [0, 0.1) is 13.8 Å². The van der Waals surface area contributed by atoms with Gasteiger partial charge in [0.2, 0.25) is 0 Å². The van der Waals surface area contributed by atoms with Crippen molar-refractivity contribution in [3.8, 4) is 0 Å². The van der Waals surface area contributed by atoms with Crippen LogP contribution >= 0.6 is 0 Å². The minimum atomic E-state index is 0.882. The minimum Gasteiger partial charge on any atom is -0.354 e. The monoisotopic (exact) mass is 321 g/mol. The molecule has 0 saturated carbocycles. The van der Waals surface area contributed by atoms with Crippen molar-refractivity contribution in [3.63, 3.8) is 0 Å². The predicted octanol–water partition coefficient (Wildman–Crippen LogP) is 3.77. The average molecular weight is 321 g/mol. The first kappa shape index (κ1) is 15.2. The Morgan fingerprint density at radius 2 is 1.62 bits per heavy atom. The van der Waals surface area contributed by atoms with E-state index in [1.807, 2.05) is 0 Å². The molecule has 4 heteroatoms. The van der Waals surface area contributed by atoms with Gasteiger partial charge >= 0.3 is 0 Å². The molecule has 0 N–H and O–H groups in total. The third kappa shape index (κ3) is 3.02. The SMILES string of the molecule is Cc1ccc(CN2CCN(c3noc4cc(C)ccc34)CC2)cc1. The Bertz CT molecular complexity index is 830. The molecule has 0 amide bonds. The third-order valence-electron chi connectivity index (χ3n) is 4.81. The van der Waals surface area contributed by atoms with Gasteiger partial charge in [0, 0.05) is 32.7 Å². The molecule has 0 aliphatic carbocycles. The van der Waals surface area contributed by atoms with E-state index < -0.39 is 0 Å². The molecule has 0 bridgehead atoms. The second kappa shape index (κ2) is 6.29. The second-order valence-electron chi connectivity index (χ2n) is 6.75. The van der Waals surface area contributed by atoms with E-state index in [2.05, 4.69) is 71.3 Å². The first-order chi connectivity index (χ1) is 11.7. The molecule has 24 heavy (non-hydrogen) atoms. The van der Waals surface area contributed by atoms with E-state index in [0.29, 0.717) is 0 Å². The summed E-state index contributed by atoms with van der Waals surface area (Å²) in [5.41, 5.74) is 4.79. The van der Waals surface area contributed by atoms with Gasteiger partial charge in [-0.15, -0.1) is 0 Å². The molecule has 1 aliphatic rings. The van der Waals surface area contributed by atoms with Crippen LogP contribution in [0.4, 0.5) is 5.82 Å². The lowest BCUT2D eigenvalue weighted by Gasteiger charge is -2.34. The first-order valence-corrected chi connectivity index (χ1v) is 8.58. The predicted molar refractivity (Wildman–Crippen MR) is 97.4 cm³/mol. The zero-order valence-corrected chi connectivity index (χ0v) is 14.3. The number of fused-ring (bicyclic) bond motifs is 1. The highest BCUT2D eigenvalue weighted by Gasteiger charge is 2.21. The van der Waals surface area contributed by atoms with E-state index in [0.717, 1.165) is 49.5 Å². The van der Waals surface area contributed by atoms with Crippen LogP contribution in [0.2, 0.25) is 0 Å². The van der Waals surface area contributed by atoms with E-state index in [4.69, 9.17) is 4.52 Å². The number of aromatic nitrogens is 1. The topological polar surface area (TPSA) is 32.5 Å². The van der Waals surface area contributed by atoms with Crippen molar-refractivity contribution < 1.29 is 4.52 Å². The number of hydrogen-bond acceptors (Lipinski definition) is 4. The molecular weight excluding hydrogens is 298 g/mol. The Balaban J connectivity index is 1.42. The molecule has 0 atom stereocenters. The molecule has 0 spiro atoms. The highest BCUT2D eigenvalue weighted by Crippen LogP contribution is 2.27. The smallest absolute Gasteiger partial charge is 0.180 e. The van der Waals surface area contributed by atoms with E-state index in [-0.39, 0.29) is 0 Å². The van der Waals surface area contributed by atoms with Crippen molar-refractivity contribution in [1.29, 1.82) is 0 Å². The standard InChI is InChI=1S/C20H23N3O/c1-15-3-6-17(7-4-15)14-22-9-11-23(12-10-22)20-18-8-5-16(2)13-19(18)24-21-20/h3-8,13H,9-12,14H2,1-2H3. The largest absolute Gasteiger partial charge is 0.354 e. The summed E-state index contributed by atoms with van der Waals surface area (Å²) in [7, 11) is 0. The molecule has 1 aliphatic heterocycles. The highest BCUT2D eigenvalue weighted by atomic mass is 16.5. The maximum absolute atomic E-state index is 5.51. The number of benzene rings is 2. The Morgan fingerprint density at radius 1 is 0.917 bits per heavy atom. The fourth-order valence-electron chi connectivity index (χ4n) is 3.33. The van der Waals surface area contributed by atoms with Gasteiger partial charge in [0.25, 0.3) is 0 Å². The lowest BCUT2D eigenvalue weighted by molar-refractivity contribution is 0.248. The molecule has 4 nitrogen and oxygen atoms in total. The quantitative estimate of drug-likeness (QED) is 0.735. The van der Waals surface area contributed by atoms with Gasteiger partial charge in [-0.3, -0.25) is 4.90 Å². The molecular formula is C20H23N3O. The average Bonchev–Trinajstić information content (AvgIpc) is 3.00. The van der Waals surface area contributed by atoms with Gasteiger partial charge in [-0.05, 0) is 37.1 Å². The molecule has 1 fully saturated rings. The van der Waals surface area contributed by atoms with Crippen molar-refractivity contribution in [2.24, 2.45) is 0 Å². The number of rotatable bonds is 3. The lowest BCUT2D eigenvalue weighted by Crippen LogP contribution is -2.46. The summed E-state index contributed by atoms with van der Waals surface area (Å²) < 4.78 is 5.51. The van der Waals surface area contributed by atoms with Crippen LogP contribution in [0.15, 0.2) is 47.0 Å². The Morgan fingerprint density at radius 3 is 2.38 bits per heavy atom. The maximum Gasteiger partial charge on any atom is 0.180 e. The van der Waals surface area contributed by atoms with Gasteiger partial charge in [0.15, 0.2) is 11.4 Å². The summed E-state index contributed by atoms with van der Waals surface area (Å²) in [4.78, 5) is 4.85. The zero-order chi connectivity index (χ0) is 16.5. The summed E-state index contributed by atoms with van der Waals surface area (Å²) in [6, 6.07) is 15.1. The van der Waals surface area contributed by atoms with Crippen molar-refractivity contribution in [2.75, 3.05) is 31.1 Å². The van der Waals surface area contributed by atoms with Gasteiger partial charge in [-0.2, -0.15) is 0 Å². The summed E-state index contributed by atoms with van der Waals surface area (Å²) in [5, 5.41) is 5.43. The van der Waals surface area contributed by atoms with Crippen LogP contribution in [-0.4, -0.2) is 36.2 Å². The van der Waals surface area contributed by atoms with E-state index >= 15 is 0 Å². The summed E-state index contributed by atoms with van der Waals surface area (Å²) in [6.07, 6.45) is 0. The Hall–Kier alpha value is -2.33. The normalized spacial score (nSPS) is 16.0. The molecule has 4 rings (SSSR count). The molecule has 2 heterocycles. The molecule has 1 aromatic heterocycles. The number of aryl methyl sites for hydroxylation is 2. The Labute approximate surface area is 142 Å². The summed E-state index contributed by atoms with van der Waals surface area (Å²) in [5.74, 6) is 0.986. The first-order valence-electron chi connectivity index (χ1n) is 8.58. The van der Waals surface area contributed by atoms with Crippen molar-refractivity contribution in [2.45, 2.75) is 20.4 Å². The van der Waals surface area contributed by atoms with Gasteiger partial charge in [0.05, 0.1) is 5.39 Å². The number of anilines is 1. The van der Waals surface area contributed by atoms with Gasteiger partial charge < -0.3 is 9.42 Å². The highest BCUT2D eigenvalue weighted by molar-refractivity contribution is 5.89. The Kier molecular flexibility index (Phi) is 3.98. The maximum atomic E-state index is 5.51. The van der Waals surface area contributed by atoms with Crippen LogP contribution < -0.4 is 4.90 Å². The fraction of sp³-hybridized carbons (Fsp3) is 0.350. The van der Waals surface area contributed by atoms with Crippen molar-refractivity contribution >= 4 is 16.8 Å². The molecule has 1 saturated heterocycles. The van der Waals surface area contributed by atoms with E-state index in [1.54, 1.807) is 0 Å². The molecule has 2 aromatic carbocycles. The molecule has 0 unspecified atom stereocenters. The van der Waals surface area contributed by atoms with Crippen LogP contribution in [-0.2, 0) is 6.54 Å². The zero-order valence-electron chi connectivity index (χ0n) is 14.3.